The van der Waals surface area contributed by atoms with E-state index in [9.17, 15) is 9.59 Å². The van der Waals surface area contributed by atoms with Gasteiger partial charge in [-0.05, 0) is 53.9 Å². The van der Waals surface area contributed by atoms with Crippen LogP contribution in [0.1, 0.15) is 53.9 Å². The summed E-state index contributed by atoms with van der Waals surface area (Å²) in [5.74, 6) is -0.972. The lowest BCUT2D eigenvalue weighted by Crippen LogP contribution is -2.58. The number of carboxylic acids is 1. The molecule has 1 fully saturated rings. The highest BCUT2D eigenvalue weighted by Crippen LogP contribution is 2.26. The Balaban J connectivity index is 2.94. The molecular weight excluding hydrogens is 244 g/mol. The molecule has 1 heterocycles. The fourth-order valence-corrected chi connectivity index (χ4v) is 2.66. The number of carboxylic acid groups (broad SMARTS) is 1. The molecule has 1 aliphatic rings. The minimum Gasteiger partial charge on any atom is -0.480 e. The molecule has 0 aromatic heterocycles. The molecule has 2 unspecified atom stereocenters. The van der Waals surface area contributed by atoms with Crippen molar-refractivity contribution >= 4 is 12.0 Å². The lowest BCUT2D eigenvalue weighted by atomic mass is 9.97. The molecule has 2 atom stereocenters. The first kappa shape index (κ1) is 15.8. The molecule has 1 N–H and O–H groups in total. The van der Waals surface area contributed by atoms with Crippen LogP contribution in [0.25, 0.3) is 0 Å². The van der Waals surface area contributed by atoms with Gasteiger partial charge >= 0.3 is 12.0 Å². The van der Waals surface area contributed by atoms with E-state index in [1.165, 1.54) is 4.90 Å². The Morgan fingerprint density at radius 2 is 1.68 bits per heavy atom. The third kappa shape index (κ3) is 3.85. The molecule has 1 saturated heterocycles. The van der Waals surface area contributed by atoms with Gasteiger partial charge in [-0.3, -0.25) is 4.79 Å². The van der Waals surface area contributed by atoms with Crippen LogP contribution >= 0.6 is 0 Å². The molecular formula is C14H26N2O3. The van der Waals surface area contributed by atoms with E-state index in [0.29, 0.717) is 0 Å². The zero-order valence-electron chi connectivity index (χ0n) is 12.6. The Morgan fingerprint density at radius 3 is 2.05 bits per heavy atom. The molecule has 19 heavy (non-hydrogen) atoms. The molecule has 110 valence electrons. The summed E-state index contributed by atoms with van der Waals surface area (Å²) in [6, 6.07) is 0.194. The standard InChI is InChI=1S/C14H26N2O3/c1-10-7-6-8-11(2)16(10)13(19)15(9-12(17)18)14(3,4)5/h10-11H,6-9H2,1-5H3,(H,17,18). The van der Waals surface area contributed by atoms with Crippen molar-refractivity contribution < 1.29 is 14.7 Å². The van der Waals surface area contributed by atoms with Gasteiger partial charge in [0, 0.05) is 17.6 Å². The smallest absolute Gasteiger partial charge is 0.323 e. The summed E-state index contributed by atoms with van der Waals surface area (Å²) in [6.07, 6.45) is 3.10. The Hall–Kier alpha value is -1.26. The second-order valence-electron chi connectivity index (χ2n) is 6.47. The molecule has 5 heteroatoms. The van der Waals surface area contributed by atoms with Crippen molar-refractivity contribution in [1.29, 1.82) is 0 Å². The van der Waals surface area contributed by atoms with Gasteiger partial charge < -0.3 is 14.9 Å². The van der Waals surface area contributed by atoms with Gasteiger partial charge in [0.05, 0.1) is 0 Å². The molecule has 0 spiro atoms. The van der Waals surface area contributed by atoms with Crippen molar-refractivity contribution in [2.75, 3.05) is 6.54 Å². The summed E-state index contributed by atoms with van der Waals surface area (Å²) in [6.45, 7) is 9.43. The van der Waals surface area contributed by atoms with E-state index in [1.54, 1.807) is 0 Å². The fourth-order valence-electron chi connectivity index (χ4n) is 2.66. The Bertz CT molecular complexity index is 339. The van der Waals surface area contributed by atoms with Crippen LogP contribution < -0.4 is 0 Å². The summed E-state index contributed by atoms with van der Waals surface area (Å²) in [7, 11) is 0. The summed E-state index contributed by atoms with van der Waals surface area (Å²) >= 11 is 0. The number of rotatable bonds is 2. The minimum absolute atomic E-state index is 0.158. The SMILES string of the molecule is CC1CCCC(C)N1C(=O)N(CC(=O)O)C(C)(C)C. The van der Waals surface area contributed by atoms with E-state index in [2.05, 4.69) is 0 Å². The van der Waals surface area contributed by atoms with Crippen LogP contribution in [0.3, 0.4) is 0 Å². The number of amides is 2. The number of nitrogens with zero attached hydrogens (tertiary/aromatic N) is 2. The van der Waals surface area contributed by atoms with Crippen molar-refractivity contribution in [3.05, 3.63) is 0 Å². The number of urea groups is 1. The molecule has 0 aromatic carbocycles. The second kappa shape index (κ2) is 5.80. The molecule has 2 amide bonds. The Kier molecular flexibility index (Phi) is 4.82. The van der Waals surface area contributed by atoms with Crippen molar-refractivity contribution in [3.63, 3.8) is 0 Å². The monoisotopic (exact) mass is 270 g/mol. The summed E-state index contributed by atoms with van der Waals surface area (Å²) < 4.78 is 0. The van der Waals surface area contributed by atoms with Crippen LogP contribution in [0.2, 0.25) is 0 Å². The number of carbonyl (C=O) groups is 2. The number of carbonyl (C=O) groups excluding carboxylic acids is 1. The first-order valence-electron chi connectivity index (χ1n) is 6.96. The predicted molar refractivity (Wildman–Crippen MR) is 74.1 cm³/mol. The topological polar surface area (TPSA) is 60.9 Å². The molecule has 0 radical (unpaired) electrons. The number of hydrogen-bond acceptors (Lipinski definition) is 2. The molecule has 0 bridgehead atoms. The van der Waals surface area contributed by atoms with Crippen molar-refractivity contribution in [2.24, 2.45) is 0 Å². The molecule has 0 aromatic rings. The highest BCUT2D eigenvalue weighted by atomic mass is 16.4. The summed E-state index contributed by atoms with van der Waals surface area (Å²) in [4.78, 5) is 27.0. The predicted octanol–water partition coefficient (Wildman–Crippen LogP) is 2.55. The first-order valence-corrected chi connectivity index (χ1v) is 6.96. The maximum absolute atomic E-state index is 12.7. The van der Waals surface area contributed by atoms with E-state index in [0.717, 1.165) is 19.3 Å². The van der Waals surface area contributed by atoms with Crippen molar-refractivity contribution in [3.8, 4) is 0 Å². The van der Waals surface area contributed by atoms with E-state index in [-0.39, 0.29) is 24.7 Å². The van der Waals surface area contributed by atoms with Gasteiger partial charge in [-0.1, -0.05) is 0 Å². The molecule has 1 aliphatic heterocycles. The Labute approximate surface area is 115 Å². The quantitative estimate of drug-likeness (QED) is 0.839. The Morgan fingerprint density at radius 1 is 1.21 bits per heavy atom. The second-order valence-corrected chi connectivity index (χ2v) is 6.47. The average Bonchev–Trinajstić information content (AvgIpc) is 2.23. The van der Waals surface area contributed by atoms with Gasteiger partial charge in [0.1, 0.15) is 6.54 Å². The molecule has 0 aliphatic carbocycles. The van der Waals surface area contributed by atoms with Crippen LogP contribution in [0.4, 0.5) is 4.79 Å². The minimum atomic E-state index is -0.972. The van der Waals surface area contributed by atoms with Crippen LogP contribution in [-0.2, 0) is 4.79 Å². The summed E-state index contributed by atoms with van der Waals surface area (Å²) in [5, 5.41) is 9.01. The van der Waals surface area contributed by atoms with E-state index < -0.39 is 11.5 Å². The van der Waals surface area contributed by atoms with Crippen LogP contribution in [0, 0.1) is 0 Å². The maximum Gasteiger partial charge on any atom is 0.323 e. The van der Waals surface area contributed by atoms with Crippen LogP contribution in [-0.4, -0.2) is 51.1 Å². The fraction of sp³-hybridized carbons (Fsp3) is 0.857. The van der Waals surface area contributed by atoms with Gasteiger partial charge in [-0.25, -0.2) is 4.79 Å². The van der Waals surface area contributed by atoms with Crippen molar-refractivity contribution in [2.45, 2.75) is 71.5 Å². The van der Waals surface area contributed by atoms with Gasteiger partial charge in [0.2, 0.25) is 0 Å². The normalized spacial score (nSPS) is 24.2. The third-order valence-corrected chi connectivity index (χ3v) is 3.75. The number of hydrogen-bond donors (Lipinski definition) is 1. The number of aliphatic carboxylic acids is 1. The molecule has 0 saturated carbocycles. The largest absolute Gasteiger partial charge is 0.480 e. The van der Waals surface area contributed by atoms with Gasteiger partial charge in [-0.2, -0.15) is 0 Å². The first-order chi connectivity index (χ1) is 8.64. The number of piperidine rings is 1. The molecule has 1 rings (SSSR count). The highest BCUT2D eigenvalue weighted by Gasteiger charge is 2.37. The van der Waals surface area contributed by atoms with Gasteiger partial charge in [-0.15, -0.1) is 0 Å². The number of likely N-dealkylation sites (tertiary alicyclic amines) is 1. The zero-order valence-corrected chi connectivity index (χ0v) is 12.6. The van der Waals surface area contributed by atoms with Crippen LogP contribution in [0.15, 0.2) is 0 Å². The molecule has 5 nitrogen and oxygen atoms in total. The lowest BCUT2D eigenvalue weighted by molar-refractivity contribution is -0.139. The van der Waals surface area contributed by atoms with Gasteiger partial charge in [0.25, 0.3) is 0 Å². The average molecular weight is 270 g/mol. The van der Waals surface area contributed by atoms with E-state index in [4.69, 9.17) is 5.11 Å². The van der Waals surface area contributed by atoms with Crippen LogP contribution in [0.5, 0.6) is 0 Å². The van der Waals surface area contributed by atoms with E-state index >= 15 is 0 Å². The van der Waals surface area contributed by atoms with E-state index in [1.807, 2.05) is 39.5 Å². The van der Waals surface area contributed by atoms with Gasteiger partial charge in [0.15, 0.2) is 0 Å². The van der Waals surface area contributed by atoms with Crippen molar-refractivity contribution in [1.82, 2.24) is 9.80 Å². The summed E-state index contributed by atoms with van der Waals surface area (Å²) in [5.41, 5.74) is -0.494. The lowest BCUT2D eigenvalue weighted by Gasteiger charge is -2.45. The highest BCUT2D eigenvalue weighted by molar-refractivity contribution is 5.81. The zero-order chi connectivity index (χ0) is 14.8. The third-order valence-electron chi connectivity index (χ3n) is 3.75. The maximum atomic E-state index is 12.7.